The van der Waals surface area contributed by atoms with Crippen LogP contribution in [0.1, 0.15) is 19.4 Å². The molecule has 168 valence electrons. The number of hydrogen-bond acceptors (Lipinski definition) is 5. The minimum Gasteiger partial charge on any atom is -0.457 e. The Morgan fingerprint density at radius 2 is 1.78 bits per heavy atom. The van der Waals surface area contributed by atoms with E-state index in [1.807, 2.05) is 0 Å². The van der Waals surface area contributed by atoms with Crippen molar-refractivity contribution in [3.63, 3.8) is 0 Å². The van der Waals surface area contributed by atoms with Gasteiger partial charge in [-0.2, -0.15) is 13.2 Å². The lowest BCUT2D eigenvalue weighted by Gasteiger charge is -2.31. The van der Waals surface area contributed by atoms with E-state index in [9.17, 15) is 21.6 Å². The molecule has 0 fully saturated rings. The summed E-state index contributed by atoms with van der Waals surface area (Å²) in [5, 5.41) is 2.92. The maximum Gasteiger partial charge on any atom is 0.416 e. The molecule has 0 spiro atoms. The van der Waals surface area contributed by atoms with Crippen LogP contribution in [-0.2, 0) is 9.84 Å². The van der Waals surface area contributed by atoms with Crippen molar-refractivity contribution in [1.29, 1.82) is 0 Å². The monoisotopic (exact) mass is 462 g/mol. The van der Waals surface area contributed by atoms with Crippen LogP contribution in [0.5, 0.6) is 11.5 Å². The molecule has 0 radical (unpaired) electrons. The van der Waals surface area contributed by atoms with Gasteiger partial charge in [-0.3, -0.25) is 0 Å². The minimum atomic E-state index is -4.45. The third-order valence-corrected chi connectivity index (χ3v) is 7.01. The SMILES string of the molecule is CCS(=O)(=O)c1cccc(Oc2cccc(C3=C(C)NC4C(C(F)(F)F)=CC=CN34)c2)c1. The average molecular weight is 462 g/mol. The van der Waals surface area contributed by atoms with Crippen molar-refractivity contribution in [2.75, 3.05) is 5.75 Å². The third-order valence-electron chi connectivity index (χ3n) is 5.28. The molecule has 2 aromatic carbocycles. The van der Waals surface area contributed by atoms with E-state index in [0.29, 0.717) is 28.5 Å². The van der Waals surface area contributed by atoms with Crippen LogP contribution >= 0.6 is 0 Å². The summed E-state index contributed by atoms with van der Waals surface area (Å²) in [5.41, 5.74) is 1.20. The molecule has 2 heterocycles. The minimum absolute atomic E-state index is 0.0226. The second-order valence-electron chi connectivity index (χ2n) is 7.40. The molecule has 0 aromatic heterocycles. The molecule has 0 bridgehead atoms. The van der Waals surface area contributed by atoms with E-state index in [0.717, 1.165) is 6.08 Å². The molecular formula is C23H21F3N2O3S. The number of fused-ring (bicyclic) bond motifs is 1. The van der Waals surface area contributed by atoms with Crippen LogP contribution in [0.25, 0.3) is 5.70 Å². The van der Waals surface area contributed by atoms with Crippen LogP contribution in [-0.4, -0.2) is 31.4 Å². The van der Waals surface area contributed by atoms with E-state index in [1.54, 1.807) is 61.3 Å². The lowest BCUT2D eigenvalue weighted by Crippen LogP contribution is -2.41. The Kier molecular flexibility index (Phi) is 5.54. The Labute approximate surface area is 184 Å². The van der Waals surface area contributed by atoms with E-state index in [4.69, 9.17) is 4.74 Å². The van der Waals surface area contributed by atoms with Crippen LogP contribution in [0, 0.1) is 0 Å². The van der Waals surface area contributed by atoms with Gasteiger partial charge in [0.1, 0.15) is 17.7 Å². The van der Waals surface area contributed by atoms with Gasteiger partial charge in [0.25, 0.3) is 0 Å². The molecule has 0 saturated heterocycles. The molecule has 32 heavy (non-hydrogen) atoms. The maximum atomic E-state index is 13.4. The molecule has 0 aliphatic carbocycles. The van der Waals surface area contributed by atoms with E-state index < -0.39 is 27.8 Å². The standard InChI is InChI=1S/C23H21F3N2O3S/c1-3-32(29,30)19-10-5-9-18(14-19)31-17-8-4-7-16(13-17)21-15(2)27-22-20(23(24,25)26)11-6-12-28(21)22/h4-14,22,27H,3H2,1-2H3. The van der Waals surface area contributed by atoms with Gasteiger partial charge in [-0.05, 0) is 49.4 Å². The largest absolute Gasteiger partial charge is 0.457 e. The summed E-state index contributed by atoms with van der Waals surface area (Å²) in [5.74, 6) is 0.764. The first-order valence-corrected chi connectivity index (χ1v) is 11.6. The Hall–Kier alpha value is -3.20. The van der Waals surface area contributed by atoms with Crippen LogP contribution < -0.4 is 10.1 Å². The van der Waals surface area contributed by atoms with Gasteiger partial charge in [0.05, 0.1) is 21.9 Å². The van der Waals surface area contributed by atoms with Crippen LogP contribution in [0.4, 0.5) is 13.2 Å². The van der Waals surface area contributed by atoms with Crippen molar-refractivity contribution in [3.05, 3.63) is 83.7 Å². The molecule has 2 aromatic rings. The zero-order valence-corrected chi connectivity index (χ0v) is 18.2. The number of halogens is 3. The Bertz CT molecular complexity index is 1250. The number of alkyl halides is 3. The quantitative estimate of drug-likeness (QED) is 0.661. The molecule has 1 N–H and O–H groups in total. The van der Waals surface area contributed by atoms with Gasteiger partial charge in [0.2, 0.25) is 0 Å². The fourth-order valence-electron chi connectivity index (χ4n) is 3.74. The summed E-state index contributed by atoms with van der Waals surface area (Å²) in [6, 6.07) is 13.1. The number of allylic oxidation sites excluding steroid dienone is 3. The fourth-order valence-corrected chi connectivity index (χ4v) is 4.66. The molecule has 1 atom stereocenters. The molecule has 0 amide bonds. The van der Waals surface area contributed by atoms with Crippen LogP contribution in [0.2, 0.25) is 0 Å². The first-order chi connectivity index (χ1) is 15.1. The first-order valence-electron chi connectivity index (χ1n) is 9.92. The summed E-state index contributed by atoms with van der Waals surface area (Å²) in [6.45, 7) is 3.29. The van der Waals surface area contributed by atoms with Crippen molar-refractivity contribution in [1.82, 2.24) is 10.2 Å². The Morgan fingerprint density at radius 1 is 1.09 bits per heavy atom. The molecule has 5 nitrogen and oxygen atoms in total. The number of ether oxygens (including phenoxy) is 1. The normalized spacial score (nSPS) is 18.3. The van der Waals surface area contributed by atoms with Crippen LogP contribution in [0.15, 0.2) is 83.0 Å². The zero-order chi connectivity index (χ0) is 23.1. The van der Waals surface area contributed by atoms with Gasteiger partial charge >= 0.3 is 6.18 Å². The summed E-state index contributed by atoms with van der Waals surface area (Å²) in [7, 11) is -3.38. The highest BCUT2D eigenvalue weighted by Gasteiger charge is 2.45. The predicted octanol–water partition coefficient (Wildman–Crippen LogP) is 5.21. The van der Waals surface area contributed by atoms with Crippen molar-refractivity contribution in [2.24, 2.45) is 0 Å². The topological polar surface area (TPSA) is 58.6 Å². The molecule has 4 rings (SSSR count). The first kappa shape index (κ1) is 22.0. The smallest absolute Gasteiger partial charge is 0.416 e. The molecule has 0 saturated carbocycles. The maximum absolute atomic E-state index is 13.4. The number of benzene rings is 2. The number of hydrogen-bond donors (Lipinski definition) is 1. The van der Waals surface area contributed by atoms with E-state index in [2.05, 4.69) is 5.32 Å². The highest BCUT2D eigenvalue weighted by Crippen LogP contribution is 2.40. The number of sulfone groups is 1. The Balaban J connectivity index is 1.62. The van der Waals surface area contributed by atoms with Gasteiger partial charge in [0, 0.05) is 17.5 Å². The van der Waals surface area contributed by atoms with Gasteiger partial charge < -0.3 is 15.0 Å². The average Bonchev–Trinajstić information content (AvgIpc) is 3.09. The third kappa shape index (κ3) is 4.12. The lowest BCUT2D eigenvalue weighted by molar-refractivity contribution is -0.0995. The zero-order valence-electron chi connectivity index (χ0n) is 17.3. The molecule has 2 aliphatic heterocycles. The van der Waals surface area contributed by atoms with Gasteiger partial charge in [0.15, 0.2) is 9.84 Å². The lowest BCUT2D eigenvalue weighted by atomic mass is 10.1. The van der Waals surface area contributed by atoms with E-state index in [1.165, 1.54) is 18.2 Å². The van der Waals surface area contributed by atoms with Gasteiger partial charge in [-0.1, -0.05) is 25.1 Å². The summed E-state index contributed by atoms with van der Waals surface area (Å²) < 4.78 is 70.4. The second kappa shape index (κ2) is 8.05. The molecular weight excluding hydrogens is 441 g/mol. The molecule has 2 aliphatic rings. The van der Waals surface area contributed by atoms with Crippen LogP contribution in [0.3, 0.4) is 0 Å². The second-order valence-corrected chi connectivity index (χ2v) is 9.68. The summed E-state index contributed by atoms with van der Waals surface area (Å²) in [4.78, 5) is 1.71. The van der Waals surface area contributed by atoms with Crippen molar-refractivity contribution < 1.29 is 26.3 Å². The summed E-state index contributed by atoms with van der Waals surface area (Å²) >= 11 is 0. The molecule has 9 heteroatoms. The Morgan fingerprint density at radius 3 is 2.47 bits per heavy atom. The van der Waals surface area contributed by atoms with E-state index in [-0.39, 0.29) is 10.6 Å². The van der Waals surface area contributed by atoms with Crippen molar-refractivity contribution in [3.8, 4) is 11.5 Å². The number of nitrogens with one attached hydrogen (secondary N) is 1. The summed E-state index contributed by atoms with van der Waals surface area (Å²) in [6.07, 6.45) is -1.44. The van der Waals surface area contributed by atoms with Crippen molar-refractivity contribution in [2.45, 2.75) is 31.1 Å². The molecule has 1 unspecified atom stereocenters. The van der Waals surface area contributed by atoms with Gasteiger partial charge in [-0.15, -0.1) is 0 Å². The number of rotatable bonds is 5. The highest BCUT2D eigenvalue weighted by molar-refractivity contribution is 7.91. The highest BCUT2D eigenvalue weighted by atomic mass is 32.2. The number of nitrogens with zero attached hydrogens (tertiary/aromatic N) is 1. The fraction of sp³-hybridized carbons (Fsp3) is 0.217. The van der Waals surface area contributed by atoms with Crippen molar-refractivity contribution >= 4 is 15.5 Å². The predicted molar refractivity (Wildman–Crippen MR) is 115 cm³/mol. The van der Waals surface area contributed by atoms with Gasteiger partial charge in [-0.25, -0.2) is 8.42 Å². The van der Waals surface area contributed by atoms with E-state index >= 15 is 0 Å².